The van der Waals surface area contributed by atoms with E-state index in [2.05, 4.69) is 4.90 Å². The van der Waals surface area contributed by atoms with Gasteiger partial charge in [0.2, 0.25) is 0 Å². The molecule has 1 aromatic rings. The monoisotopic (exact) mass is 338 g/mol. The highest BCUT2D eigenvalue weighted by Gasteiger charge is 2.35. The van der Waals surface area contributed by atoms with Gasteiger partial charge in [-0.3, -0.25) is 14.6 Å². The summed E-state index contributed by atoms with van der Waals surface area (Å²) in [5, 5.41) is 20.2. The third-order valence-electron chi connectivity index (χ3n) is 4.89. The molecule has 2 aliphatic heterocycles. The first-order valence-electron chi connectivity index (χ1n) is 8.61. The number of thiophene rings is 1. The van der Waals surface area contributed by atoms with E-state index in [1.807, 2.05) is 17.0 Å². The van der Waals surface area contributed by atoms with Crippen LogP contribution >= 0.6 is 11.3 Å². The molecule has 0 saturated carbocycles. The Kier molecular flexibility index (Phi) is 5.69. The van der Waals surface area contributed by atoms with E-state index in [1.54, 1.807) is 11.3 Å². The Bertz CT molecular complexity index is 522. The maximum atomic E-state index is 11.7. The van der Waals surface area contributed by atoms with E-state index >= 15 is 0 Å². The lowest BCUT2D eigenvalue weighted by molar-refractivity contribution is -0.148. The summed E-state index contributed by atoms with van der Waals surface area (Å²) in [5.74, 6) is -0.922. The summed E-state index contributed by atoms with van der Waals surface area (Å²) in [5.41, 5.74) is 0. The highest BCUT2D eigenvalue weighted by molar-refractivity contribution is 7.12. The largest absolute Gasteiger partial charge is 0.480 e. The minimum atomic E-state index is -0.942. The smallest absolute Gasteiger partial charge is 0.324 e. The Labute approximate surface area is 141 Å². The van der Waals surface area contributed by atoms with Crippen LogP contribution in [0.25, 0.3) is 0 Å². The number of aliphatic hydroxyl groups excluding tert-OH is 1. The van der Waals surface area contributed by atoms with Crippen molar-refractivity contribution < 1.29 is 15.0 Å². The number of hydrogen-bond acceptors (Lipinski definition) is 5. The first-order chi connectivity index (χ1) is 11.1. The molecule has 128 valence electrons. The van der Waals surface area contributed by atoms with Crippen molar-refractivity contribution in [1.29, 1.82) is 0 Å². The van der Waals surface area contributed by atoms with E-state index < -0.39 is 18.1 Å². The molecule has 3 heterocycles. The zero-order valence-electron chi connectivity index (χ0n) is 13.5. The Morgan fingerprint density at radius 1 is 1.09 bits per heavy atom. The Morgan fingerprint density at radius 3 is 2.39 bits per heavy atom. The summed E-state index contributed by atoms with van der Waals surface area (Å²) in [4.78, 5) is 18.0. The molecule has 2 atom stereocenters. The van der Waals surface area contributed by atoms with Gasteiger partial charge >= 0.3 is 5.97 Å². The van der Waals surface area contributed by atoms with Gasteiger partial charge in [-0.15, -0.1) is 11.3 Å². The molecule has 2 aliphatic rings. The molecule has 2 fully saturated rings. The fourth-order valence-electron chi connectivity index (χ4n) is 3.64. The van der Waals surface area contributed by atoms with Crippen LogP contribution in [0.2, 0.25) is 0 Å². The molecule has 0 aromatic carbocycles. The zero-order chi connectivity index (χ0) is 16.2. The van der Waals surface area contributed by atoms with Crippen LogP contribution in [0, 0.1) is 0 Å². The average Bonchev–Trinajstić information content (AvgIpc) is 3.20. The average molecular weight is 338 g/mol. The standard InChI is InChI=1S/C17H26N2O3S/c20-16(15(17(21)22)19-10-2-1-3-11-19)14-7-6-13(23-14)12-18-8-4-5-9-18/h6-7,15-16,20H,1-5,8-12H2,(H,21,22). The van der Waals surface area contributed by atoms with Gasteiger partial charge in [0.1, 0.15) is 12.1 Å². The fraction of sp³-hybridized carbons (Fsp3) is 0.706. The van der Waals surface area contributed by atoms with Crippen LogP contribution in [0.1, 0.15) is 48.0 Å². The van der Waals surface area contributed by atoms with E-state index in [-0.39, 0.29) is 0 Å². The second-order valence-corrected chi connectivity index (χ2v) is 7.81. The molecule has 6 heteroatoms. The van der Waals surface area contributed by atoms with Gasteiger partial charge in [-0.05, 0) is 64.0 Å². The van der Waals surface area contributed by atoms with Crippen LogP contribution in [-0.4, -0.2) is 58.2 Å². The predicted molar refractivity (Wildman–Crippen MR) is 90.6 cm³/mol. The number of carboxylic acids is 1. The normalized spacial score (nSPS) is 23.0. The van der Waals surface area contributed by atoms with Crippen molar-refractivity contribution in [3.8, 4) is 0 Å². The lowest BCUT2D eigenvalue weighted by atomic mass is 10.0. The zero-order valence-corrected chi connectivity index (χ0v) is 14.3. The molecular weight excluding hydrogens is 312 g/mol. The number of carbonyl (C=O) groups is 1. The molecule has 1 aromatic heterocycles. The summed E-state index contributed by atoms with van der Waals surface area (Å²) in [6.45, 7) is 4.72. The summed E-state index contributed by atoms with van der Waals surface area (Å²) in [6.07, 6.45) is 4.76. The van der Waals surface area contributed by atoms with Crippen LogP contribution in [0.15, 0.2) is 12.1 Å². The molecule has 0 bridgehead atoms. The molecular formula is C17H26N2O3S. The van der Waals surface area contributed by atoms with Crippen molar-refractivity contribution >= 4 is 17.3 Å². The summed E-state index contributed by atoms with van der Waals surface area (Å²) in [7, 11) is 0. The predicted octanol–water partition coefficient (Wildman–Crippen LogP) is 2.32. The number of hydrogen-bond donors (Lipinski definition) is 2. The number of nitrogens with zero attached hydrogens (tertiary/aromatic N) is 2. The van der Waals surface area contributed by atoms with Crippen LogP contribution in [0.5, 0.6) is 0 Å². The van der Waals surface area contributed by atoms with Gasteiger partial charge in [0.25, 0.3) is 0 Å². The van der Waals surface area contributed by atoms with E-state index in [0.29, 0.717) is 0 Å². The van der Waals surface area contributed by atoms with Crippen molar-refractivity contribution in [2.24, 2.45) is 0 Å². The molecule has 23 heavy (non-hydrogen) atoms. The van der Waals surface area contributed by atoms with Crippen molar-refractivity contribution in [1.82, 2.24) is 9.80 Å². The number of aliphatic carboxylic acids is 1. The molecule has 0 amide bonds. The quantitative estimate of drug-likeness (QED) is 0.833. The Morgan fingerprint density at radius 2 is 1.74 bits per heavy atom. The Balaban J connectivity index is 1.68. The van der Waals surface area contributed by atoms with Crippen molar-refractivity contribution in [2.75, 3.05) is 26.2 Å². The lowest BCUT2D eigenvalue weighted by Crippen LogP contribution is -2.47. The molecule has 5 nitrogen and oxygen atoms in total. The Hall–Kier alpha value is -0.950. The number of piperidine rings is 1. The molecule has 0 radical (unpaired) electrons. The summed E-state index contributed by atoms with van der Waals surface area (Å²) < 4.78 is 0. The van der Waals surface area contributed by atoms with E-state index in [1.165, 1.54) is 17.7 Å². The molecule has 0 spiro atoms. The van der Waals surface area contributed by atoms with Crippen LogP contribution in [0.3, 0.4) is 0 Å². The number of rotatable bonds is 6. The second kappa shape index (κ2) is 7.75. The maximum absolute atomic E-state index is 11.7. The number of likely N-dealkylation sites (tertiary alicyclic amines) is 2. The van der Waals surface area contributed by atoms with E-state index in [9.17, 15) is 15.0 Å². The van der Waals surface area contributed by atoms with Crippen LogP contribution < -0.4 is 0 Å². The molecule has 2 unspecified atom stereocenters. The SMILES string of the molecule is O=C(O)C(C(O)c1ccc(CN2CCCC2)s1)N1CCCCC1. The second-order valence-electron chi connectivity index (χ2n) is 6.61. The third-order valence-corrected chi connectivity index (χ3v) is 6.03. The van der Waals surface area contributed by atoms with Crippen molar-refractivity contribution in [3.05, 3.63) is 21.9 Å². The number of carboxylic acid groups (broad SMARTS) is 1. The van der Waals surface area contributed by atoms with Gasteiger partial charge in [0.15, 0.2) is 0 Å². The van der Waals surface area contributed by atoms with Crippen LogP contribution in [0.4, 0.5) is 0 Å². The molecule has 2 N–H and O–H groups in total. The van der Waals surface area contributed by atoms with Gasteiger partial charge in [-0.2, -0.15) is 0 Å². The van der Waals surface area contributed by atoms with Crippen LogP contribution in [-0.2, 0) is 11.3 Å². The highest BCUT2D eigenvalue weighted by Crippen LogP contribution is 2.30. The summed E-state index contributed by atoms with van der Waals surface area (Å²) >= 11 is 1.56. The minimum Gasteiger partial charge on any atom is -0.480 e. The number of aliphatic hydroxyl groups is 1. The first kappa shape index (κ1) is 16.9. The van der Waals surface area contributed by atoms with Gasteiger partial charge in [-0.1, -0.05) is 6.42 Å². The minimum absolute atomic E-state index is 0.764. The van der Waals surface area contributed by atoms with Gasteiger partial charge in [-0.25, -0.2) is 0 Å². The van der Waals surface area contributed by atoms with E-state index in [0.717, 1.165) is 56.9 Å². The molecule has 0 aliphatic carbocycles. The summed E-state index contributed by atoms with van der Waals surface area (Å²) in [6, 6.07) is 3.12. The van der Waals surface area contributed by atoms with Gasteiger partial charge in [0, 0.05) is 16.3 Å². The van der Waals surface area contributed by atoms with Gasteiger partial charge < -0.3 is 10.2 Å². The topological polar surface area (TPSA) is 64.0 Å². The molecule has 3 rings (SSSR count). The molecule has 2 saturated heterocycles. The maximum Gasteiger partial charge on any atom is 0.324 e. The van der Waals surface area contributed by atoms with Crippen molar-refractivity contribution in [2.45, 2.75) is 50.8 Å². The van der Waals surface area contributed by atoms with Gasteiger partial charge in [0.05, 0.1) is 0 Å². The third kappa shape index (κ3) is 4.12. The highest BCUT2D eigenvalue weighted by atomic mass is 32.1. The van der Waals surface area contributed by atoms with E-state index in [4.69, 9.17) is 0 Å². The van der Waals surface area contributed by atoms with Crippen molar-refractivity contribution in [3.63, 3.8) is 0 Å². The lowest BCUT2D eigenvalue weighted by Gasteiger charge is -2.34. The first-order valence-corrected chi connectivity index (χ1v) is 9.42. The fourth-order valence-corrected chi connectivity index (χ4v) is 4.71.